The maximum Gasteiger partial charge on any atom is 0.346 e. The normalized spacial score (nSPS) is 20.1. The first-order chi connectivity index (χ1) is 8.77. The van der Waals surface area contributed by atoms with Gasteiger partial charge in [-0.15, -0.1) is 11.3 Å². The van der Waals surface area contributed by atoms with Crippen LogP contribution >= 0.6 is 11.3 Å². The molecule has 2 heterocycles. The summed E-state index contributed by atoms with van der Waals surface area (Å²) in [6.45, 7) is 2.11. The van der Waals surface area contributed by atoms with Crippen LogP contribution in [-0.4, -0.2) is 30.8 Å². The van der Waals surface area contributed by atoms with Gasteiger partial charge in [-0.2, -0.15) is 0 Å². The highest BCUT2D eigenvalue weighted by atomic mass is 32.1. The third-order valence-electron chi connectivity index (χ3n) is 3.08. The maximum absolute atomic E-state index is 11.4. The van der Waals surface area contributed by atoms with Crippen molar-refractivity contribution in [1.29, 1.82) is 0 Å². The van der Waals surface area contributed by atoms with Gasteiger partial charge in [-0.05, 0) is 11.5 Å². The minimum Gasteiger partial charge on any atom is -0.477 e. The molecule has 1 aliphatic rings. The van der Waals surface area contributed by atoms with E-state index in [-0.39, 0.29) is 6.10 Å². The molecule has 0 saturated carbocycles. The summed E-state index contributed by atoms with van der Waals surface area (Å²) in [6, 6.07) is 7.77. The second-order valence-corrected chi connectivity index (χ2v) is 5.26. The number of ether oxygens (including phenoxy) is 1. The van der Waals surface area contributed by atoms with Gasteiger partial charge in [0, 0.05) is 23.4 Å². The number of carbonyl (C=O) groups is 1. The molecule has 1 aromatic carbocycles. The Kier molecular flexibility index (Phi) is 3.03. The van der Waals surface area contributed by atoms with E-state index in [1.54, 1.807) is 0 Å². The molecule has 0 aliphatic carbocycles. The Labute approximate surface area is 108 Å². The number of morpholine rings is 1. The molecule has 2 aromatic rings. The van der Waals surface area contributed by atoms with Crippen molar-refractivity contribution in [2.24, 2.45) is 0 Å². The Morgan fingerprint density at radius 1 is 1.44 bits per heavy atom. The van der Waals surface area contributed by atoms with E-state index in [1.165, 1.54) is 11.3 Å². The lowest BCUT2D eigenvalue weighted by atomic mass is 10.0. The summed E-state index contributed by atoms with van der Waals surface area (Å²) in [7, 11) is 0. The Morgan fingerprint density at radius 2 is 2.28 bits per heavy atom. The lowest BCUT2D eigenvalue weighted by Crippen LogP contribution is -2.33. The molecule has 0 spiro atoms. The predicted octanol–water partition coefficient (Wildman–Crippen LogP) is 2.26. The molecule has 1 fully saturated rings. The number of fused-ring (bicyclic) bond motifs is 1. The molecule has 94 valence electrons. The van der Waals surface area contributed by atoms with Crippen LogP contribution in [0.15, 0.2) is 24.3 Å². The van der Waals surface area contributed by atoms with E-state index in [2.05, 4.69) is 5.32 Å². The Morgan fingerprint density at radius 3 is 3.00 bits per heavy atom. The fourth-order valence-corrected chi connectivity index (χ4v) is 3.39. The first-order valence-corrected chi connectivity index (χ1v) is 6.66. The van der Waals surface area contributed by atoms with Crippen molar-refractivity contribution in [3.8, 4) is 0 Å². The van der Waals surface area contributed by atoms with E-state index in [1.807, 2.05) is 24.3 Å². The van der Waals surface area contributed by atoms with Crippen LogP contribution in [0.1, 0.15) is 21.3 Å². The molecule has 4 nitrogen and oxygen atoms in total. The second kappa shape index (κ2) is 4.68. The van der Waals surface area contributed by atoms with E-state index in [4.69, 9.17) is 4.74 Å². The zero-order valence-corrected chi connectivity index (χ0v) is 10.5. The van der Waals surface area contributed by atoms with Gasteiger partial charge in [0.1, 0.15) is 4.88 Å². The molecule has 3 rings (SSSR count). The number of carboxylic acid groups (broad SMARTS) is 1. The molecule has 18 heavy (non-hydrogen) atoms. The molecule has 0 amide bonds. The molecule has 5 heteroatoms. The summed E-state index contributed by atoms with van der Waals surface area (Å²) >= 11 is 1.32. The zero-order chi connectivity index (χ0) is 12.5. The number of carboxylic acids is 1. The summed E-state index contributed by atoms with van der Waals surface area (Å²) in [4.78, 5) is 11.8. The minimum atomic E-state index is -0.875. The molecular formula is C13H13NO3S. The smallest absolute Gasteiger partial charge is 0.346 e. The van der Waals surface area contributed by atoms with E-state index >= 15 is 0 Å². The minimum absolute atomic E-state index is 0.166. The van der Waals surface area contributed by atoms with E-state index in [9.17, 15) is 9.90 Å². The number of rotatable bonds is 2. The van der Waals surface area contributed by atoms with Crippen LogP contribution in [0.3, 0.4) is 0 Å². The van der Waals surface area contributed by atoms with Crippen LogP contribution in [0.25, 0.3) is 10.1 Å². The van der Waals surface area contributed by atoms with Crippen LogP contribution in [-0.2, 0) is 4.74 Å². The summed E-state index contributed by atoms with van der Waals surface area (Å²) in [5, 5.41) is 13.6. The third-order valence-corrected chi connectivity index (χ3v) is 4.25. The Bertz CT molecular complexity index is 587. The molecule has 0 bridgehead atoms. The molecule has 1 aromatic heterocycles. The highest BCUT2D eigenvalue weighted by Crippen LogP contribution is 2.37. The number of nitrogens with one attached hydrogen (secondary N) is 1. The van der Waals surface area contributed by atoms with Gasteiger partial charge in [0.15, 0.2) is 0 Å². The van der Waals surface area contributed by atoms with Crippen LogP contribution < -0.4 is 5.32 Å². The molecule has 1 unspecified atom stereocenters. The number of thiophene rings is 1. The summed E-state index contributed by atoms with van der Waals surface area (Å²) in [5.41, 5.74) is 0.815. The fourth-order valence-electron chi connectivity index (χ4n) is 2.29. The van der Waals surface area contributed by atoms with Gasteiger partial charge in [-0.3, -0.25) is 0 Å². The van der Waals surface area contributed by atoms with Crippen molar-refractivity contribution in [1.82, 2.24) is 5.32 Å². The summed E-state index contributed by atoms with van der Waals surface area (Å²) in [5.74, 6) is -0.875. The SMILES string of the molecule is O=C(O)c1sc2ccccc2c1C1CNCCO1. The first kappa shape index (κ1) is 11.6. The standard InChI is InChI=1S/C13H13NO3S/c15-13(16)12-11(9-7-14-5-6-17-9)8-3-1-2-4-10(8)18-12/h1-4,9,14H,5-7H2,(H,15,16). The van der Waals surface area contributed by atoms with Gasteiger partial charge < -0.3 is 15.2 Å². The maximum atomic E-state index is 11.4. The van der Waals surface area contributed by atoms with Crippen LogP contribution in [0.2, 0.25) is 0 Å². The van der Waals surface area contributed by atoms with E-state index < -0.39 is 5.97 Å². The Hall–Kier alpha value is -1.43. The average molecular weight is 263 g/mol. The van der Waals surface area contributed by atoms with Gasteiger partial charge in [-0.1, -0.05) is 18.2 Å². The number of hydrogen-bond donors (Lipinski definition) is 2. The highest BCUT2D eigenvalue weighted by molar-refractivity contribution is 7.21. The van der Waals surface area contributed by atoms with Crippen molar-refractivity contribution in [2.45, 2.75) is 6.10 Å². The zero-order valence-electron chi connectivity index (χ0n) is 9.68. The van der Waals surface area contributed by atoms with Crippen molar-refractivity contribution in [3.63, 3.8) is 0 Å². The molecule has 1 saturated heterocycles. The van der Waals surface area contributed by atoms with Crippen LogP contribution in [0.5, 0.6) is 0 Å². The highest BCUT2D eigenvalue weighted by Gasteiger charge is 2.26. The fraction of sp³-hybridized carbons (Fsp3) is 0.308. The van der Waals surface area contributed by atoms with Gasteiger partial charge >= 0.3 is 5.97 Å². The topological polar surface area (TPSA) is 58.6 Å². The number of aromatic carboxylic acids is 1. The largest absolute Gasteiger partial charge is 0.477 e. The molecule has 1 aliphatic heterocycles. The van der Waals surface area contributed by atoms with Crippen molar-refractivity contribution < 1.29 is 14.6 Å². The first-order valence-electron chi connectivity index (χ1n) is 5.84. The van der Waals surface area contributed by atoms with Crippen molar-refractivity contribution in [3.05, 3.63) is 34.7 Å². The lowest BCUT2D eigenvalue weighted by molar-refractivity contribution is 0.0276. The van der Waals surface area contributed by atoms with Crippen molar-refractivity contribution >= 4 is 27.4 Å². The monoisotopic (exact) mass is 263 g/mol. The van der Waals surface area contributed by atoms with Crippen molar-refractivity contribution in [2.75, 3.05) is 19.7 Å². The van der Waals surface area contributed by atoms with Crippen LogP contribution in [0, 0.1) is 0 Å². The Balaban J connectivity index is 2.17. The number of hydrogen-bond acceptors (Lipinski definition) is 4. The van der Waals surface area contributed by atoms with Gasteiger partial charge in [-0.25, -0.2) is 4.79 Å². The van der Waals surface area contributed by atoms with E-state index in [0.717, 1.165) is 22.2 Å². The van der Waals surface area contributed by atoms with Gasteiger partial charge in [0.2, 0.25) is 0 Å². The summed E-state index contributed by atoms with van der Waals surface area (Å²) < 4.78 is 6.70. The quantitative estimate of drug-likeness (QED) is 0.872. The lowest BCUT2D eigenvalue weighted by Gasteiger charge is -2.24. The predicted molar refractivity (Wildman–Crippen MR) is 70.3 cm³/mol. The van der Waals surface area contributed by atoms with Gasteiger partial charge in [0.25, 0.3) is 0 Å². The second-order valence-electron chi connectivity index (χ2n) is 4.21. The molecule has 1 atom stereocenters. The average Bonchev–Trinajstić information content (AvgIpc) is 2.79. The summed E-state index contributed by atoms with van der Waals surface area (Å²) in [6.07, 6.45) is -0.166. The molecule has 2 N–H and O–H groups in total. The number of benzene rings is 1. The van der Waals surface area contributed by atoms with Gasteiger partial charge in [0.05, 0.1) is 12.7 Å². The van der Waals surface area contributed by atoms with E-state index in [0.29, 0.717) is 18.0 Å². The molecular weight excluding hydrogens is 250 g/mol. The van der Waals surface area contributed by atoms with Crippen LogP contribution in [0.4, 0.5) is 0 Å². The third kappa shape index (κ3) is 1.90. The molecule has 0 radical (unpaired) electrons.